The van der Waals surface area contributed by atoms with Gasteiger partial charge in [-0.05, 0) is 55.9 Å². The Morgan fingerprint density at radius 1 is 1.24 bits per heavy atom. The molecule has 3 aromatic rings. The molecule has 0 N–H and O–H groups in total. The van der Waals surface area contributed by atoms with Gasteiger partial charge in [0.15, 0.2) is 6.61 Å². The van der Waals surface area contributed by atoms with Crippen molar-refractivity contribution in [2.75, 3.05) is 0 Å². The lowest BCUT2D eigenvalue weighted by atomic mass is 10.2. The standard InChI is InChI=1S/C17H13ClN4O2S/c1-10-7-15(14(8-19)11(2)20-10)25-17-22-21-16(24-17)9-23-13-5-3-12(18)4-6-13/h3-7H,9H2,1-2H3. The van der Waals surface area contributed by atoms with Crippen LogP contribution in [0.25, 0.3) is 0 Å². The van der Waals surface area contributed by atoms with Gasteiger partial charge >= 0.3 is 0 Å². The molecular weight excluding hydrogens is 360 g/mol. The molecule has 0 aliphatic carbocycles. The molecule has 0 radical (unpaired) electrons. The third kappa shape index (κ3) is 4.29. The number of benzene rings is 1. The van der Waals surface area contributed by atoms with Crippen LogP contribution in [-0.2, 0) is 6.61 Å². The maximum absolute atomic E-state index is 9.30. The molecule has 0 bridgehead atoms. The summed E-state index contributed by atoms with van der Waals surface area (Å²) in [6, 6.07) is 11.0. The zero-order chi connectivity index (χ0) is 17.8. The highest BCUT2D eigenvalue weighted by molar-refractivity contribution is 7.99. The maximum atomic E-state index is 9.30. The molecule has 0 atom stereocenters. The van der Waals surface area contributed by atoms with Crippen molar-refractivity contribution in [3.8, 4) is 11.8 Å². The number of rotatable bonds is 5. The van der Waals surface area contributed by atoms with Crippen LogP contribution in [0.4, 0.5) is 0 Å². The predicted molar refractivity (Wildman–Crippen MR) is 92.6 cm³/mol. The van der Waals surface area contributed by atoms with Gasteiger partial charge in [-0.15, -0.1) is 10.2 Å². The monoisotopic (exact) mass is 372 g/mol. The van der Waals surface area contributed by atoms with Gasteiger partial charge in [-0.3, -0.25) is 4.98 Å². The highest BCUT2D eigenvalue weighted by Gasteiger charge is 2.14. The van der Waals surface area contributed by atoms with E-state index >= 15 is 0 Å². The lowest BCUT2D eigenvalue weighted by Gasteiger charge is -2.05. The zero-order valence-corrected chi connectivity index (χ0v) is 15.1. The van der Waals surface area contributed by atoms with Crippen LogP contribution in [-0.4, -0.2) is 15.2 Å². The van der Waals surface area contributed by atoms with Crippen molar-refractivity contribution in [1.29, 1.82) is 5.26 Å². The van der Waals surface area contributed by atoms with Crippen LogP contribution in [0.2, 0.25) is 5.02 Å². The first-order valence-electron chi connectivity index (χ1n) is 7.32. The van der Waals surface area contributed by atoms with E-state index in [0.29, 0.717) is 33.1 Å². The van der Waals surface area contributed by atoms with Crippen molar-refractivity contribution in [1.82, 2.24) is 15.2 Å². The molecular formula is C17H13ClN4O2S. The van der Waals surface area contributed by atoms with Gasteiger partial charge in [0.25, 0.3) is 11.1 Å². The van der Waals surface area contributed by atoms with Crippen molar-refractivity contribution < 1.29 is 9.15 Å². The van der Waals surface area contributed by atoms with Crippen LogP contribution in [0.3, 0.4) is 0 Å². The molecule has 0 aliphatic rings. The topological polar surface area (TPSA) is 84.8 Å². The second kappa shape index (κ2) is 7.55. The summed E-state index contributed by atoms with van der Waals surface area (Å²) in [4.78, 5) is 5.03. The molecule has 0 fully saturated rings. The third-order valence-corrected chi connectivity index (χ3v) is 4.36. The lowest BCUT2D eigenvalue weighted by Crippen LogP contribution is -1.95. The Bertz CT molecular complexity index is 935. The Balaban J connectivity index is 1.70. The number of aromatic nitrogens is 3. The number of ether oxygens (including phenoxy) is 1. The van der Waals surface area contributed by atoms with Crippen LogP contribution >= 0.6 is 23.4 Å². The van der Waals surface area contributed by atoms with Gasteiger partial charge in [0, 0.05) is 15.6 Å². The van der Waals surface area contributed by atoms with Gasteiger partial charge in [0.05, 0.1) is 11.3 Å². The largest absolute Gasteiger partial charge is 0.484 e. The number of nitriles is 1. The van der Waals surface area contributed by atoms with Crippen molar-refractivity contribution in [3.63, 3.8) is 0 Å². The fraction of sp³-hybridized carbons (Fsp3) is 0.176. The molecule has 0 saturated carbocycles. The van der Waals surface area contributed by atoms with Crippen molar-refractivity contribution in [3.05, 3.63) is 58.2 Å². The van der Waals surface area contributed by atoms with Gasteiger partial charge in [-0.2, -0.15) is 5.26 Å². The Hall–Kier alpha value is -2.56. The fourth-order valence-electron chi connectivity index (χ4n) is 2.12. The van der Waals surface area contributed by atoms with Gasteiger partial charge in [-0.1, -0.05) is 11.6 Å². The summed E-state index contributed by atoms with van der Waals surface area (Å²) in [5.74, 6) is 1.00. The number of hydrogen-bond donors (Lipinski definition) is 0. The maximum Gasteiger partial charge on any atom is 0.281 e. The van der Waals surface area contributed by atoms with Gasteiger partial charge in [0.1, 0.15) is 11.8 Å². The summed E-state index contributed by atoms with van der Waals surface area (Å²) in [7, 11) is 0. The van der Waals surface area contributed by atoms with E-state index in [4.69, 9.17) is 20.8 Å². The summed E-state index contributed by atoms with van der Waals surface area (Å²) in [6.45, 7) is 3.82. The average Bonchev–Trinajstić information content (AvgIpc) is 3.01. The first kappa shape index (κ1) is 17.3. The quantitative estimate of drug-likeness (QED) is 0.658. The summed E-state index contributed by atoms with van der Waals surface area (Å²) >= 11 is 7.07. The van der Waals surface area contributed by atoms with E-state index in [9.17, 15) is 5.26 Å². The highest BCUT2D eigenvalue weighted by atomic mass is 35.5. The molecule has 0 saturated heterocycles. The van der Waals surface area contributed by atoms with E-state index in [1.807, 2.05) is 13.0 Å². The molecule has 2 aromatic heterocycles. The molecule has 0 amide bonds. The highest BCUT2D eigenvalue weighted by Crippen LogP contribution is 2.31. The predicted octanol–water partition coefficient (Wildman–Crippen LogP) is 4.34. The van der Waals surface area contributed by atoms with Crippen LogP contribution in [0.5, 0.6) is 5.75 Å². The van der Waals surface area contributed by atoms with Crippen molar-refractivity contribution in [2.45, 2.75) is 30.6 Å². The minimum absolute atomic E-state index is 0.148. The number of halogens is 1. The fourth-order valence-corrected chi connectivity index (χ4v) is 3.18. The Morgan fingerprint density at radius 2 is 2.00 bits per heavy atom. The Labute approximate surface area is 153 Å². The number of nitrogens with zero attached hydrogens (tertiary/aromatic N) is 4. The van der Waals surface area contributed by atoms with E-state index in [-0.39, 0.29) is 6.61 Å². The van der Waals surface area contributed by atoms with E-state index in [1.165, 1.54) is 11.8 Å². The van der Waals surface area contributed by atoms with Crippen LogP contribution < -0.4 is 4.74 Å². The first-order chi connectivity index (χ1) is 12.0. The zero-order valence-electron chi connectivity index (χ0n) is 13.5. The van der Waals surface area contributed by atoms with Crippen molar-refractivity contribution in [2.24, 2.45) is 0 Å². The van der Waals surface area contributed by atoms with Crippen molar-refractivity contribution >= 4 is 23.4 Å². The average molecular weight is 373 g/mol. The summed E-state index contributed by atoms with van der Waals surface area (Å²) in [6.07, 6.45) is 0. The van der Waals surface area contributed by atoms with Crippen LogP contribution in [0.15, 0.2) is 44.9 Å². The van der Waals surface area contributed by atoms with E-state index < -0.39 is 0 Å². The molecule has 25 heavy (non-hydrogen) atoms. The Kier molecular flexibility index (Phi) is 5.22. The number of hydrogen-bond acceptors (Lipinski definition) is 7. The molecule has 0 spiro atoms. The summed E-state index contributed by atoms with van der Waals surface area (Å²) < 4.78 is 11.1. The minimum atomic E-state index is 0.148. The molecule has 0 unspecified atom stereocenters. The third-order valence-electron chi connectivity index (χ3n) is 3.23. The van der Waals surface area contributed by atoms with Gasteiger partial charge < -0.3 is 9.15 Å². The summed E-state index contributed by atoms with van der Waals surface area (Å²) in [5.41, 5.74) is 2.01. The number of aryl methyl sites for hydroxylation is 2. The SMILES string of the molecule is Cc1cc(Sc2nnc(COc3ccc(Cl)cc3)o2)c(C#N)c(C)n1. The molecule has 2 heterocycles. The van der Waals surface area contributed by atoms with Crippen LogP contribution in [0, 0.1) is 25.2 Å². The second-order valence-corrected chi connectivity index (χ2v) is 6.57. The molecule has 3 rings (SSSR count). The Morgan fingerprint density at radius 3 is 2.72 bits per heavy atom. The van der Waals surface area contributed by atoms with E-state index in [0.717, 1.165) is 10.6 Å². The molecule has 0 aliphatic heterocycles. The minimum Gasteiger partial charge on any atom is -0.484 e. The molecule has 1 aromatic carbocycles. The normalized spacial score (nSPS) is 10.5. The van der Waals surface area contributed by atoms with Gasteiger partial charge in [-0.25, -0.2) is 0 Å². The molecule has 8 heteroatoms. The second-order valence-electron chi connectivity index (χ2n) is 5.14. The van der Waals surface area contributed by atoms with E-state index in [1.54, 1.807) is 31.2 Å². The van der Waals surface area contributed by atoms with Gasteiger partial charge in [0.2, 0.25) is 0 Å². The number of pyridine rings is 1. The van der Waals surface area contributed by atoms with Crippen LogP contribution in [0.1, 0.15) is 22.8 Å². The lowest BCUT2D eigenvalue weighted by molar-refractivity contribution is 0.252. The summed E-state index contributed by atoms with van der Waals surface area (Å²) in [5, 5.41) is 18.2. The molecule has 126 valence electrons. The molecule has 6 nitrogen and oxygen atoms in total. The van der Waals surface area contributed by atoms with E-state index in [2.05, 4.69) is 21.3 Å². The smallest absolute Gasteiger partial charge is 0.281 e. The first-order valence-corrected chi connectivity index (χ1v) is 8.51.